The van der Waals surface area contributed by atoms with E-state index in [1.54, 1.807) is 43.3 Å². The Labute approximate surface area is 225 Å². The van der Waals surface area contributed by atoms with E-state index in [9.17, 15) is 19.2 Å². The zero-order valence-electron chi connectivity index (χ0n) is 19.4. The van der Waals surface area contributed by atoms with E-state index in [2.05, 4.69) is 5.32 Å². The van der Waals surface area contributed by atoms with Gasteiger partial charge in [0.2, 0.25) is 5.91 Å². The Bertz CT molecular complexity index is 1200. The van der Waals surface area contributed by atoms with Crippen LogP contribution in [-0.4, -0.2) is 59.4 Å². The van der Waals surface area contributed by atoms with Gasteiger partial charge in [0.05, 0.1) is 21.7 Å². The number of carbonyl (C=O) groups excluding carboxylic acids is 3. The minimum atomic E-state index is -1.13. The molecular formula is C24H23IN2O8S. The molecule has 0 saturated carbocycles. The van der Waals surface area contributed by atoms with E-state index < -0.39 is 36.2 Å². The second-order valence-corrected chi connectivity index (χ2v) is 9.37. The Hall–Kier alpha value is -3.26. The van der Waals surface area contributed by atoms with Crippen LogP contribution in [0.15, 0.2) is 41.3 Å². The molecule has 0 bridgehead atoms. The van der Waals surface area contributed by atoms with Gasteiger partial charge in [-0.3, -0.25) is 19.3 Å². The molecule has 1 heterocycles. The molecule has 190 valence electrons. The molecule has 2 aromatic rings. The number of carboxylic acid groups (broad SMARTS) is 1. The monoisotopic (exact) mass is 626 g/mol. The standard InChI is InChI=1S/C24H23IN2O8S/c1-3-33-16-7-5-15(6-8-16)26-20(28)12-27-23(31)19(36-24(27)32)11-14-9-17(25)22(35-13-21(29)30)18(10-14)34-4-2/h5-11H,3-4,12-13H2,1-2H3,(H,26,28)(H,29,30)/b19-11+. The number of nitrogens with zero attached hydrogens (tertiary/aromatic N) is 1. The number of imide groups is 1. The van der Waals surface area contributed by atoms with Crippen LogP contribution in [0.5, 0.6) is 17.2 Å². The Balaban J connectivity index is 1.72. The number of thioether (sulfide) groups is 1. The largest absolute Gasteiger partial charge is 0.494 e. The highest BCUT2D eigenvalue weighted by Crippen LogP contribution is 2.37. The van der Waals surface area contributed by atoms with Crippen LogP contribution in [0.25, 0.3) is 6.08 Å². The van der Waals surface area contributed by atoms with Crippen molar-refractivity contribution in [3.8, 4) is 17.2 Å². The quantitative estimate of drug-likeness (QED) is 0.278. The summed E-state index contributed by atoms with van der Waals surface area (Å²) in [5.41, 5.74) is 1.06. The number of benzene rings is 2. The number of hydrogen-bond donors (Lipinski definition) is 2. The molecular weight excluding hydrogens is 603 g/mol. The molecule has 36 heavy (non-hydrogen) atoms. The van der Waals surface area contributed by atoms with Crippen molar-refractivity contribution in [2.75, 3.05) is 31.7 Å². The first kappa shape index (κ1) is 27.3. The van der Waals surface area contributed by atoms with Crippen LogP contribution in [0.1, 0.15) is 19.4 Å². The van der Waals surface area contributed by atoms with Crippen molar-refractivity contribution in [3.05, 3.63) is 50.4 Å². The Morgan fingerprint density at radius 3 is 2.42 bits per heavy atom. The topological polar surface area (TPSA) is 131 Å². The molecule has 0 unspecified atom stereocenters. The molecule has 0 aromatic heterocycles. The highest BCUT2D eigenvalue weighted by atomic mass is 127. The van der Waals surface area contributed by atoms with Crippen LogP contribution >= 0.6 is 34.4 Å². The first-order valence-corrected chi connectivity index (χ1v) is 12.7. The number of ether oxygens (including phenoxy) is 3. The van der Waals surface area contributed by atoms with E-state index in [0.29, 0.717) is 39.5 Å². The summed E-state index contributed by atoms with van der Waals surface area (Å²) in [4.78, 5) is 49.7. The summed E-state index contributed by atoms with van der Waals surface area (Å²) in [6.07, 6.45) is 1.51. The number of aliphatic carboxylic acids is 1. The fraction of sp³-hybridized carbons (Fsp3) is 0.250. The van der Waals surface area contributed by atoms with Gasteiger partial charge in [0.25, 0.3) is 11.1 Å². The summed E-state index contributed by atoms with van der Waals surface area (Å²) >= 11 is 2.70. The van der Waals surface area contributed by atoms with E-state index in [1.165, 1.54) is 6.08 Å². The molecule has 0 aliphatic carbocycles. The summed E-state index contributed by atoms with van der Waals surface area (Å²) in [6.45, 7) is 3.50. The van der Waals surface area contributed by atoms with Crippen molar-refractivity contribution >= 4 is 69.1 Å². The number of amides is 3. The van der Waals surface area contributed by atoms with E-state index in [-0.39, 0.29) is 10.7 Å². The van der Waals surface area contributed by atoms with Gasteiger partial charge in [-0.1, -0.05) is 0 Å². The lowest BCUT2D eigenvalue weighted by atomic mass is 10.2. The van der Waals surface area contributed by atoms with E-state index in [1.807, 2.05) is 29.5 Å². The molecule has 1 fully saturated rings. The van der Waals surface area contributed by atoms with Gasteiger partial charge in [-0.2, -0.15) is 0 Å². The molecule has 3 amide bonds. The van der Waals surface area contributed by atoms with Crippen molar-refractivity contribution in [2.24, 2.45) is 0 Å². The van der Waals surface area contributed by atoms with Crippen LogP contribution in [0.2, 0.25) is 0 Å². The number of anilines is 1. The maximum absolute atomic E-state index is 12.9. The van der Waals surface area contributed by atoms with Crippen molar-refractivity contribution in [1.82, 2.24) is 4.90 Å². The van der Waals surface area contributed by atoms with Gasteiger partial charge in [-0.05, 0) is 96.2 Å². The van der Waals surface area contributed by atoms with E-state index >= 15 is 0 Å². The normalized spacial score (nSPS) is 14.2. The third-order valence-electron chi connectivity index (χ3n) is 4.59. The predicted octanol–water partition coefficient (Wildman–Crippen LogP) is 4.23. The zero-order chi connectivity index (χ0) is 26.2. The number of carbonyl (C=O) groups is 4. The highest BCUT2D eigenvalue weighted by molar-refractivity contribution is 14.1. The number of halogens is 1. The third-order valence-corrected chi connectivity index (χ3v) is 6.30. The van der Waals surface area contributed by atoms with E-state index in [0.717, 1.165) is 16.7 Å². The van der Waals surface area contributed by atoms with Gasteiger partial charge in [-0.15, -0.1) is 0 Å². The van der Waals surface area contributed by atoms with Crippen LogP contribution < -0.4 is 19.5 Å². The lowest BCUT2D eigenvalue weighted by Crippen LogP contribution is -2.36. The van der Waals surface area contributed by atoms with Crippen LogP contribution in [0.3, 0.4) is 0 Å². The third kappa shape index (κ3) is 7.13. The number of carboxylic acids is 1. The highest BCUT2D eigenvalue weighted by Gasteiger charge is 2.36. The molecule has 12 heteroatoms. The first-order chi connectivity index (χ1) is 17.2. The Kier molecular flexibility index (Phi) is 9.58. The SMILES string of the molecule is CCOc1ccc(NC(=O)CN2C(=O)S/C(=C/c3cc(I)c(OCC(=O)O)c(OCC)c3)C2=O)cc1. The molecule has 1 aliphatic heterocycles. The smallest absolute Gasteiger partial charge is 0.341 e. The average molecular weight is 626 g/mol. The molecule has 0 atom stereocenters. The van der Waals surface area contributed by atoms with Crippen molar-refractivity contribution < 1.29 is 38.5 Å². The van der Waals surface area contributed by atoms with Crippen LogP contribution in [0.4, 0.5) is 10.5 Å². The number of hydrogen-bond acceptors (Lipinski definition) is 8. The van der Waals surface area contributed by atoms with Gasteiger partial charge >= 0.3 is 5.97 Å². The average Bonchev–Trinajstić information content (AvgIpc) is 3.07. The summed E-state index contributed by atoms with van der Waals surface area (Å²) in [7, 11) is 0. The minimum Gasteiger partial charge on any atom is -0.494 e. The van der Waals surface area contributed by atoms with Gasteiger partial charge in [0, 0.05) is 5.69 Å². The summed E-state index contributed by atoms with van der Waals surface area (Å²) in [5, 5.41) is 11.0. The van der Waals surface area contributed by atoms with Gasteiger partial charge in [-0.25, -0.2) is 4.79 Å². The molecule has 0 radical (unpaired) electrons. The van der Waals surface area contributed by atoms with Crippen molar-refractivity contribution in [3.63, 3.8) is 0 Å². The molecule has 2 N–H and O–H groups in total. The van der Waals surface area contributed by atoms with E-state index in [4.69, 9.17) is 19.3 Å². The minimum absolute atomic E-state index is 0.145. The fourth-order valence-electron chi connectivity index (χ4n) is 3.14. The number of rotatable bonds is 11. The molecule has 10 nitrogen and oxygen atoms in total. The lowest BCUT2D eigenvalue weighted by Gasteiger charge is -2.14. The molecule has 3 rings (SSSR count). The second-order valence-electron chi connectivity index (χ2n) is 7.22. The molecule has 2 aromatic carbocycles. The summed E-state index contributed by atoms with van der Waals surface area (Å²) in [5.74, 6) is -0.989. The second kappa shape index (κ2) is 12.6. The predicted molar refractivity (Wildman–Crippen MR) is 142 cm³/mol. The molecule has 0 spiro atoms. The summed E-state index contributed by atoms with van der Waals surface area (Å²) in [6, 6.07) is 10.0. The maximum atomic E-state index is 12.9. The van der Waals surface area contributed by atoms with Crippen LogP contribution in [-0.2, 0) is 14.4 Å². The summed E-state index contributed by atoms with van der Waals surface area (Å²) < 4.78 is 16.8. The first-order valence-electron chi connectivity index (χ1n) is 10.8. The maximum Gasteiger partial charge on any atom is 0.341 e. The van der Waals surface area contributed by atoms with Crippen molar-refractivity contribution in [1.29, 1.82) is 0 Å². The van der Waals surface area contributed by atoms with Crippen LogP contribution in [0, 0.1) is 3.57 Å². The number of nitrogens with one attached hydrogen (secondary N) is 1. The Morgan fingerprint density at radius 2 is 1.78 bits per heavy atom. The van der Waals surface area contributed by atoms with Crippen molar-refractivity contribution in [2.45, 2.75) is 13.8 Å². The van der Waals surface area contributed by atoms with Gasteiger partial charge in [0.1, 0.15) is 12.3 Å². The van der Waals surface area contributed by atoms with Gasteiger partial charge < -0.3 is 24.6 Å². The fourth-order valence-corrected chi connectivity index (χ4v) is 4.76. The molecule has 1 saturated heterocycles. The Morgan fingerprint density at radius 1 is 1.08 bits per heavy atom. The van der Waals surface area contributed by atoms with Gasteiger partial charge in [0.15, 0.2) is 18.1 Å². The molecule has 1 aliphatic rings. The zero-order valence-corrected chi connectivity index (χ0v) is 22.4. The lowest BCUT2D eigenvalue weighted by molar-refractivity contribution is -0.139.